The Bertz CT molecular complexity index is 341. The summed E-state index contributed by atoms with van der Waals surface area (Å²) in [6, 6.07) is 3.92. The molecule has 80 valence electrons. The van der Waals surface area contributed by atoms with Gasteiger partial charge in [0.05, 0.1) is 5.56 Å². The maximum atomic E-state index is 11.7. The van der Waals surface area contributed by atoms with Crippen LogP contribution in [0.15, 0.2) is 18.3 Å². The number of carbonyl (C=O) groups excluding carboxylic acids is 1. The van der Waals surface area contributed by atoms with Gasteiger partial charge in [-0.05, 0) is 32.0 Å². The number of aromatic nitrogens is 1. The lowest BCUT2D eigenvalue weighted by molar-refractivity contribution is 0.0939. The molecule has 2 heterocycles. The van der Waals surface area contributed by atoms with E-state index in [0.29, 0.717) is 5.56 Å². The summed E-state index contributed by atoms with van der Waals surface area (Å²) in [5, 5.41) is 6.18. The molecule has 4 nitrogen and oxygen atoms in total. The number of amides is 1. The van der Waals surface area contributed by atoms with Crippen molar-refractivity contribution in [2.24, 2.45) is 0 Å². The number of aryl methyl sites for hydroxylation is 1. The molecule has 2 rings (SSSR count). The van der Waals surface area contributed by atoms with Crippen LogP contribution < -0.4 is 10.6 Å². The van der Waals surface area contributed by atoms with Gasteiger partial charge in [-0.25, -0.2) is 0 Å². The van der Waals surface area contributed by atoms with Gasteiger partial charge < -0.3 is 10.6 Å². The smallest absolute Gasteiger partial charge is 0.253 e. The Morgan fingerprint density at radius 2 is 2.47 bits per heavy atom. The highest BCUT2D eigenvalue weighted by atomic mass is 16.1. The zero-order valence-corrected chi connectivity index (χ0v) is 8.79. The molecule has 0 aliphatic carbocycles. The largest absolute Gasteiger partial charge is 0.348 e. The first-order valence-electron chi connectivity index (χ1n) is 5.20. The fourth-order valence-corrected chi connectivity index (χ4v) is 1.65. The molecule has 4 heteroatoms. The summed E-state index contributed by atoms with van der Waals surface area (Å²) in [4.78, 5) is 15.8. The lowest BCUT2D eigenvalue weighted by Crippen LogP contribution is -2.36. The van der Waals surface area contributed by atoms with E-state index in [-0.39, 0.29) is 11.9 Å². The third-order valence-electron chi connectivity index (χ3n) is 2.57. The monoisotopic (exact) mass is 205 g/mol. The summed E-state index contributed by atoms with van der Waals surface area (Å²) in [5.74, 6) is -0.0313. The summed E-state index contributed by atoms with van der Waals surface area (Å²) in [7, 11) is 0. The molecular formula is C11H15N3O. The maximum Gasteiger partial charge on any atom is 0.253 e. The van der Waals surface area contributed by atoms with E-state index in [1.54, 1.807) is 12.3 Å². The number of nitrogens with zero attached hydrogens (tertiary/aromatic N) is 1. The third-order valence-corrected chi connectivity index (χ3v) is 2.57. The van der Waals surface area contributed by atoms with Crippen LogP contribution in [0.25, 0.3) is 0 Å². The van der Waals surface area contributed by atoms with E-state index in [2.05, 4.69) is 15.6 Å². The van der Waals surface area contributed by atoms with E-state index < -0.39 is 0 Å². The minimum Gasteiger partial charge on any atom is -0.348 e. The van der Waals surface area contributed by atoms with Crippen molar-refractivity contribution < 1.29 is 4.79 Å². The van der Waals surface area contributed by atoms with E-state index in [9.17, 15) is 4.79 Å². The average Bonchev–Trinajstić information content (AvgIpc) is 2.71. The fraction of sp³-hybridized carbons (Fsp3) is 0.455. The molecule has 15 heavy (non-hydrogen) atoms. The predicted molar refractivity (Wildman–Crippen MR) is 57.7 cm³/mol. The molecule has 1 amide bonds. The van der Waals surface area contributed by atoms with Crippen LogP contribution >= 0.6 is 0 Å². The number of rotatable bonds is 2. The first kappa shape index (κ1) is 10.1. The standard InChI is InChI=1S/C11H15N3O/c1-8-2-3-9(6-13-8)11(15)14-10-4-5-12-7-10/h2-3,6,10,12H,4-5,7H2,1H3,(H,14,15)/t10-/m1/s1. The second kappa shape index (κ2) is 4.40. The number of hydrogen-bond acceptors (Lipinski definition) is 3. The maximum absolute atomic E-state index is 11.7. The minimum atomic E-state index is -0.0313. The van der Waals surface area contributed by atoms with Gasteiger partial charge >= 0.3 is 0 Å². The third kappa shape index (κ3) is 2.53. The zero-order valence-electron chi connectivity index (χ0n) is 8.79. The molecule has 0 unspecified atom stereocenters. The highest BCUT2D eigenvalue weighted by Gasteiger charge is 2.17. The highest BCUT2D eigenvalue weighted by Crippen LogP contribution is 2.02. The van der Waals surface area contributed by atoms with Gasteiger partial charge in [0.25, 0.3) is 5.91 Å². The van der Waals surface area contributed by atoms with E-state index >= 15 is 0 Å². The van der Waals surface area contributed by atoms with Crippen LogP contribution in [0, 0.1) is 6.92 Å². The van der Waals surface area contributed by atoms with E-state index in [4.69, 9.17) is 0 Å². The molecule has 1 fully saturated rings. The van der Waals surface area contributed by atoms with Crippen LogP contribution in [0.5, 0.6) is 0 Å². The molecule has 0 spiro atoms. The van der Waals surface area contributed by atoms with Crippen LogP contribution in [0.2, 0.25) is 0 Å². The summed E-state index contributed by atoms with van der Waals surface area (Å²) in [6.45, 7) is 3.75. The van der Waals surface area contributed by atoms with Crippen molar-refractivity contribution in [2.45, 2.75) is 19.4 Å². The Morgan fingerprint density at radius 3 is 3.07 bits per heavy atom. The van der Waals surface area contributed by atoms with Gasteiger partial charge in [-0.15, -0.1) is 0 Å². The molecule has 1 aliphatic heterocycles. The Kier molecular flexibility index (Phi) is 2.97. The first-order chi connectivity index (χ1) is 7.25. The van der Waals surface area contributed by atoms with Crippen molar-refractivity contribution in [1.29, 1.82) is 0 Å². The number of pyridine rings is 1. The molecule has 1 aromatic rings. The van der Waals surface area contributed by atoms with Gasteiger partial charge in [-0.1, -0.05) is 0 Å². The molecular weight excluding hydrogens is 190 g/mol. The number of hydrogen-bond donors (Lipinski definition) is 2. The van der Waals surface area contributed by atoms with Crippen molar-refractivity contribution in [3.63, 3.8) is 0 Å². The molecule has 1 saturated heterocycles. The summed E-state index contributed by atoms with van der Waals surface area (Å²) < 4.78 is 0. The van der Waals surface area contributed by atoms with E-state index in [1.165, 1.54) is 0 Å². The van der Waals surface area contributed by atoms with Crippen molar-refractivity contribution in [3.8, 4) is 0 Å². The Morgan fingerprint density at radius 1 is 1.60 bits per heavy atom. The van der Waals surface area contributed by atoms with Crippen LogP contribution in [0.1, 0.15) is 22.5 Å². The van der Waals surface area contributed by atoms with Crippen molar-refractivity contribution in [2.75, 3.05) is 13.1 Å². The summed E-state index contributed by atoms with van der Waals surface area (Å²) in [5.41, 5.74) is 1.56. The second-order valence-corrected chi connectivity index (χ2v) is 3.85. The molecule has 0 aromatic carbocycles. The normalized spacial score (nSPS) is 20.2. The summed E-state index contributed by atoms with van der Waals surface area (Å²) in [6.07, 6.45) is 2.62. The van der Waals surface area contributed by atoms with Gasteiger partial charge in [0.2, 0.25) is 0 Å². The Balaban J connectivity index is 1.98. The lowest BCUT2D eigenvalue weighted by Gasteiger charge is -2.10. The van der Waals surface area contributed by atoms with Crippen LogP contribution in [0.3, 0.4) is 0 Å². The Labute approximate surface area is 89.1 Å². The SMILES string of the molecule is Cc1ccc(C(=O)N[C@@H]2CCNC2)cn1. The van der Waals surface area contributed by atoms with E-state index in [1.807, 2.05) is 13.0 Å². The topological polar surface area (TPSA) is 54.0 Å². The fourth-order valence-electron chi connectivity index (χ4n) is 1.65. The van der Waals surface area contributed by atoms with Gasteiger partial charge in [0, 0.05) is 24.5 Å². The quantitative estimate of drug-likeness (QED) is 0.738. The zero-order chi connectivity index (χ0) is 10.7. The highest BCUT2D eigenvalue weighted by molar-refractivity contribution is 5.94. The van der Waals surface area contributed by atoms with Gasteiger partial charge in [-0.3, -0.25) is 9.78 Å². The Hall–Kier alpha value is -1.42. The minimum absolute atomic E-state index is 0.0313. The molecule has 2 N–H and O–H groups in total. The molecule has 0 saturated carbocycles. The molecule has 0 radical (unpaired) electrons. The summed E-state index contributed by atoms with van der Waals surface area (Å²) >= 11 is 0. The van der Waals surface area contributed by atoms with Crippen molar-refractivity contribution in [3.05, 3.63) is 29.6 Å². The first-order valence-corrected chi connectivity index (χ1v) is 5.20. The molecule has 1 aromatic heterocycles. The van der Waals surface area contributed by atoms with Gasteiger partial charge in [0.1, 0.15) is 0 Å². The van der Waals surface area contributed by atoms with Crippen LogP contribution in [0.4, 0.5) is 0 Å². The van der Waals surface area contributed by atoms with Crippen molar-refractivity contribution >= 4 is 5.91 Å². The van der Waals surface area contributed by atoms with Crippen LogP contribution in [-0.4, -0.2) is 30.0 Å². The lowest BCUT2D eigenvalue weighted by atomic mass is 10.2. The average molecular weight is 205 g/mol. The van der Waals surface area contributed by atoms with Gasteiger partial charge in [-0.2, -0.15) is 0 Å². The van der Waals surface area contributed by atoms with Crippen LogP contribution in [-0.2, 0) is 0 Å². The van der Waals surface area contributed by atoms with Crippen molar-refractivity contribution in [1.82, 2.24) is 15.6 Å². The number of carbonyl (C=O) groups is 1. The van der Waals surface area contributed by atoms with Gasteiger partial charge in [0.15, 0.2) is 0 Å². The van der Waals surface area contributed by atoms with E-state index in [0.717, 1.165) is 25.2 Å². The molecule has 1 atom stereocenters. The molecule has 0 bridgehead atoms. The molecule has 1 aliphatic rings. The predicted octanol–water partition coefficient (Wildman–Crippen LogP) is 0.482. The second-order valence-electron chi connectivity index (χ2n) is 3.85. The number of nitrogens with one attached hydrogen (secondary N) is 2.